The highest BCUT2D eigenvalue weighted by Gasteiger charge is 2.36. The van der Waals surface area contributed by atoms with Crippen molar-refractivity contribution in [3.05, 3.63) is 29.3 Å². The van der Waals surface area contributed by atoms with Gasteiger partial charge < -0.3 is 10.5 Å². The zero-order valence-corrected chi connectivity index (χ0v) is 8.29. The molecule has 13 heavy (non-hydrogen) atoms. The summed E-state index contributed by atoms with van der Waals surface area (Å²) < 4.78 is 5.82. The average Bonchev–Trinajstić information content (AvgIpc) is 2.24. The maximum Gasteiger partial charge on any atom is 0.0887 e. The van der Waals surface area contributed by atoms with Crippen LogP contribution in [0, 0.1) is 0 Å². The van der Waals surface area contributed by atoms with E-state index >= 15 is 0 Å². The summed E-state index contributed by atoms with van der Waals surface area (Å²) in [6.45, 7) is 6.20. The summed E-state index contributed by atoms with van der Waals surface area (Å²) >= 11 is 0. The molecule has 0 saturated heterocycles. The molecule has 0 aromatic heterocycles. The fourth-order valence-electron chi connectivity index (χ4n) is 2.13. The Balaban J connectivity index is 2.65. The minimum absolute atomic E-state index is 0.117. The van der Waals surface area contributed by atoms with E-state index in [1.54, 1.807) is 0 Å². The number of hydrogen-bond donors (Lipinski definition) is 1. The van der Waals surface area contributed by atoms with Crippen LogP contribution in [0.5, 0.6) is 0 Å². The van der Waals surface area contributed by atoms with Crippen molar-refractivity contribution in [2.24, 2.45) is 0 Å². The van der Waals surface area contributed by atoms with Gasteiger partial charge in [-0.2, -0.15) is 0 Å². The first-order valence-electron chi connectivity index (χ1n) is 4.59. The molecule has 0 saturated carbocycles. The molecule has 1 aliphatic rings. The second kappa shape index (κ2) is 2.48. The van der Waals surface area contributed by atoms with Gasteiger partial charge >= 0.3 is 0 Å². The molecule has 1 atom stereocenters. The molecule has 1 heterocycles. The molecule has 0 aliphatic carbocycles. The third kappa shape index (κ3) is 1.13. The van der Waals surface area contributed by atoms with Crippen LogP contribution in [0.25, 0.3) is 0 Å². The van der Waals surface area contributed by atoms with Gasteiger partial charge in [0.15, 0.2) is 0 Å². The number of rotatable bonds is 0. The molecule has 70 valence electrons. The second-order valence-corrected chi connectivity index (χ2v) is 4.08. The molecule has 2 N–H and O–H groups in total. The van der Waals surface area contributed by atoms with Gasteiger partial charge in [-0.1, -0.05) is 12.1 Å². The Morgan fingerprint density at radius 3 is 2.69 bits per heavy atom. The quantitative estimate of drug-likeness (QED) is 0.618. The summed E-state index contributed by atoms with van der Waals surface area (Å²) in [5.74, 6) is 0. The lowest BCUT2D eigenvalue weighted by Gasteiger charge is -2.19. The van der Waals surface area contributed by atoms with Crippen LogP contribution < -0.4 is 5.73 Å². The molecule has 2 nitrogen and oxygen atoms in total. The van der Waals surface area contributed by atoms with E-state index in [0.29, 0.717) is 0 Å². The van der Waals surface area contributed by atoms with E-state index in [-0.39, 0.29) is 11.7 Å². The molecule has 0 spiro atoms. The van der Waals surface area contributed by atoms with Gasteiger partial charge in [0.2, 0.25) is 0 Å². The summed E-state index contributed by atoms with van der Waals surface area (Å²) in [5, 5.41) is 0. The Hall–Kier alpha value is -1.02. The van der Waals surface area contributed by atoms with E-state index in [1.807, 2.05) is 19.1 Å². The number of ether oxygens (including phenoxy) is 1. The number of benzene rings is 1. The minimum Gasteiger partial charge on any atom is -0.398 e. The zero-order chi connectivity index (χ0) is 9.64. The highest BCUT2D eigenvalue weighted by Crippen LogP contribution is 2.44. The fraction of sp³-hybridized carbons (Fsp3) is 0.455. The zero-order valence-electron chi connectivity index (χ0n) is 8.29. The topological polar surface area (TPSA) is 35.2 Å². The lowest BCUT2D eigenvalue weighted by Crippen LogP contribution is -2.15. The van der Waals surface area contributed by atoms with E-state index in [0.717, 1.165) is 11.3 Å². The van der Waals surface area contributed by atoms with Gasteiger partial charge in [0.25, 0.3) is 0 Å². The van der Waals surface area contributed by atoms with Crippen LogP contribution >= 0.6 is 0 Å². The number of hydrogen-bond acceptors (Lipinski definition) is 2. The van der Waals surface area contributed by atoms with Gasteiger partial charge in [-0.05, 0) is 32.4 Å². The molecule has 1 aliphatic heterocycles. The number of anilines is 1. The second-order valence-electron chi connectivity index (χ2n) is 4.08. The van der Waals surface area contributed by atoms with Gasteiger partial charge in [0.1, 0.15) is 0 Å². The first kappa shape index (κ1) is 8.57. The largest absolute Gasteiger partial charge is 0.398 e. The Kier molecular flexibility index (Phi) is 1.64. The van der Waals surface area contributed by atoms with Gasteiger partial charge in [0.05, 0.1) is 11.7 Å². The Labute approximate surface area is 78.7 Å². The molecule has 0 amide bonds. The maximum atomic E-state index is 5.90. The predicted molar refractivity (Wildman–Crippen MR) is 53.4 cm³/mol. The predicted octanol–water partition coefficient (Wildman–Crippen LogP) is 2.60. The van der Waals surface area contributed by atoms with Crippen molar-refractivity contribution in [2.45, 2.75) is 32.5 Å². The fourth-order valence-corrected chi connectivity index (χ4v) is 2.13. The van der Waals surface area contributed by atoms with Crippen LogP contribution in [0.1, 0.15) is 38.0 Å². The molecule has 2 rings (SSSR count). The van der Waals surface area contributed by atoms with E-state index < -0.39 is 0 Å². The summed E-state index contributed by atoms with van der Waals surface area (Å²) in [6, 6.07) is 6.01. The molecule has 1 unspecified atom stereocenters. The van der Waals surface area contributed by atoms with Crippen LogP contribution in [0.15, 0.2) is 18.2 Å². The Morgan fingerprint density at radius 1 is 1.38 bits per heavy atom. The molecular weight excluding hydrogens is 162 g/mol. The van der Waals surface area contributed by atoms with Crippen molar-refractivity contribution >= 4 is 5.69 Å². The molecule has 1 aromatic rings. The van der Waals surface area contributed by atoms with Crippen molar-refractivity contribution in [1.29, 1.82) is 0 Å². The highest BCUT2D eigenvalue weighted by molar-refractivity contribution is 5.55. The van der Waals surface area contributed by atoms with Crippen molar-refractivity contribution in [3.8, 4) is 0 Å². The summed E-state index contributed by atoms with van der Waals surface area (Å²) in [7, 11) is 0. The van der Waals surface area contributed by atoms with E-state index in [2.05, 4.69) is 19.9 Å². The van der Waals surface area contributed by atoms with Crippen LogP contribution in [0.4, 0.5) is 5.69 Å². The molecular formula is C11H15NO. The summed E-state index contributed by atoms with van der Waals surface area (Å²) in [4.78, 5) is 0. The molecule has 0 radical (unpaired) electrons. The SMILES string of the molecule is CC1OC(C)(C)c2cccc(N)c21. The summed E-state index contributed by atoms with van der Waals surface area (Å²) in [6.07, 6.45) is 0.117. The van der Waals surface area contributed by atoms with Crippen LogP contribution in [0.2, 0.25) is 0 Å². The maximum absolute atomic E-state index is 5.90. The van der Waals surface area contributed by atoms with E-state index in [1.165, 1.54) is 5.56 Å². The highest BCUT2D eigenvalue weighted by atomic mass is 16.5. The van der Waals surface area contributed by atoms with Crippen LogP contribution in [-0.4, -0.2) is 0 Å². The first-order valence-corrected chi connectivity index (χ1v) is 4.59. The van der Waals surface area contributed by atoms with Crippen molar-refractivity contribution in [1.82, 2.24) is 0 Å². The van der Waals surface area contributed by atoms with Crippen LogP contribution in [-0.2, 0) is 10.3 Å². The normalized spacial score (nSPS) is 24.4. The van der Waals surface area contributed by atoms with Crippen molar-refractivity contribution in [3.63, 3.8) is 0 Å². The minimum atomic E-state index is -0.190. The van der Waals surface area contributed by atoms with Gasteiger partial charge in [-0.25, -0.2) is 0 Å². The summed E-state index contributed by atoms with van der Waals surface area (Å²) in [5.41, 5.74) is 8.94. The monoisotopic (exact) mass is 177 g/mol. The Morgan fingerprint density at radius 2 is 2.08 bits per heavy atom. The third-order valence-corrected chi connectivity index (χ3v) is 2.67. The number of nitrogens with two attached hydrogens (primary N) is 1. The van der Waals surface area contributed by atoms with Crippen molar-refractivity contribution < 1.29 is 4.74 Å². The van der Waals surface area contributed by atoms with Crippen LogP contribution in [0.3, 0.4) is 0 Å². The molecule has 2 heteroatoms. The standard InChI is InChI=1S/C11H15NO/c1-7-10-8(11(2,3)13-7)5-4-6-9(10)12/h4-7H,12H2,1-3H3. The number of nitrogen functional groups attached to an aromatic ring is 1. The third-order valence-electron chi connectivity index (χ3n) is 2.67. The van der Waals surface area contributed by atoms with Crippen molar-refractivity contribution in [2.75, 3.05) is 5.73 Å². The Bertz CT molecular complexity index is 344. The lowest BCUT2D eigenvalue weighted by molar-refractivity contribution is -0.0433. The molecule has 0 bridgehead atoms. The van der Waals surface area contributed by atoms with Gasteiger partial charge in [0, 0.05) is 11.3 Å². The smallest absolute Gasteiger partial charge is 0.0887 e. The van der Waals surface area contributed by atoms with Gasteiger partial charge in [-0.15, -0.1) is 0 Å². The van der Waals surface area contributed by atoms with Gasteiger partial charge in [-0.3, -0.25) is 0 Å². The molecule has 0 fully saturated rings. The molecule has 1 aromatic carbocycles. The van der Waals surface area contributed by atoms with E-state index in [4.69, 9.17) is 10.5 Å². The number of fused-ring (bicyclic) bond motifs is 1. The van der Waals surface area contributed by atoms with E-state index in [9.17, 15) is 0 Å². The average molecular weight is 177 g/mol. The first-order chi connectivity index (χ1) is 6.02. The lowest BCUT2D eigenvalue weighted by atomic mass is 9.94.